The first-order valence-electron chi connectivity index (χ1n) is 7.20. The highest BCUT2D eigenvalue weighted by atomic mass is 32.2. The monoisotopic (exact) mass is 331 g/mol. The molecule has 7 nitrogen and oxygen atoms in total. The van der Waals surface area contributed by atoms with E-state index in [1.807, 2.05) is 19.1 Å². The van der Waals surface area contributed by atoms with Crippen LogP contribution in [0.25, 0.3) is 0 Å². The minimum atomic E-state index is -0.0535. The van der Waals surface area contributed by atoms with Crippen molar-refractivity contribution >= 4 is 29.5 Å². The molecule has 120 valence electrons. The summed E-state index contributed by atoms with van der Waals surface area (Å²) in [7, 11) is 0. The second-order valence-corrected chi connectivity index (χ2v) is 5.58. The van der Waals surface area contributed by atoms with Gasteiger partial charge in [0.15, 0.2) is 0 Å². The number of allylic oxidation sites excluding steroid dienone is 1. The first-order valence-corrected chi connectivity index (χ1v) is 8.02. The van der Waals surface area contributed by atoms with Gasteiger partial charge in [0.1, 0.15) is 23.7 Å². The van der Waals surface area contributed by atoms with Crippen LogP contribution in [-0.2, 0) is 4.74 Å². The third kappa shape index (κ3) is 3.79. The SMILES string of the molecule is CCOCNc1cc(N=NC2=C3C=CC=NC3NS2)ccc1O. The van der Waals surface area contributed by atoms with Crippen LogP contribution < -0.4 is 10.0 Å². The van der Waals surface area contributed by atoms with Gasteiger partial charge in [0.05, 0.1) is 11.4 Å². The van der Waals surface area contributed by atoms with Crippen molar-refractivity contribution < 1.29 is 9.84 Å². The topological polar surface area (TPSA) is 90.6 Å². The molecule has 0 radical (unpaired) electrons. The van der Waals surface area contributed by atoms with E-state index in [0.717, 1.165) is 10.6 Å². The number of phenols is 1. The van der Waals surface area contributed by atoms with E-state index in [1.54, 1.807) is 24.4 Å². The fraction of sp³-hybridized carbons (Fsp3) is 0.267. The van der Waals surface area contributed by atoms with Crippen molar-refractivity contribution in [2.75, 3.05) is 18.7 Å². The van der Waals surface area contributed by atoms with Crippen molar-refractivity contribution in [1.82, 2.24) is 4.72 Å². The fourth-order valence-corrected chi connectivity index (χ4v) is 2.84. The van der Waals surface area contributed by atoms with Gasteiger partial charge in [0.25, 0.3) is 0 Å². The van der Waals surface area contributed by atoms with E-state index in [0.29, 0.717) is 24.7 Å². The van der Waals surface area contributed by atoms with Gasteiger partial charge >= 0.3 is 0 Å². The Morgan fingerprint density at radius 2 is 2.35 bits per heavy atom. The molecule has 1 aromatic carbocycles. The van der Waals surface area contributed by atoms with Gasteiger partial charge < -0.3 is 15.2 Å². The summed E-state index contributed by atoms with van der Waals surface area (Å²) in [5.74, 6) is 0.146. The fourth-order valence-electron chi connectivity index (χ4n) is 2.05. The van der Waals surface area contributed by atoms with Crippen molar-refractivity contribution in [2.24, 2.45) is 15.2 Å². The Labute approximate surface area is 138 Å². The van der Waals surface area contributed by atoms with Gasteiger partial charge in [-0.1, -0.05) is 6.08 Å². The molecule has 0 aliphatic carbocycles. The van der Waals surface area contributed by atoms with Crippen LogP contribution in [0.1, 0.15) is 6.92 Å². The molecule has 2 heterocycles. The quantitative estimate of drug-likeness (QED) is 0.245. The number of nitrogens with one attached hydrogen (secondary N) is 2. The van der Waals surface area contributed by atoms with Crippen LogP contribution in [0, 0.1) is 0 Å². The predicted molar refractivity (Wildman–Crippen MR) is 91.9 cm³/mol. The standard InChI is InChI=1S/C15H17N5O2S/c1-2-22-9-17-12-8-10(5-6-13(12)21)18-19-15-11-4-3-7-16-14(11)20-23-15/h3-8,14,17,20-21H,2,9H2,1H3. The van der Waals surface area contributed by atoms with Crippen LogP contribution >= 0.6 is 11.9 Å². The molecule has 23 heavy (non-hydrogen) atoms. The van der Waals surface area contributed by atoms with Crippen LogP contribution in [-0.4, -0.2) is 30.8 Å². The van der Waals surface area contributed by atoms with E-state index < -0.39 is 0 Å². The number of ether oxygens (including phenoxy) is 1. The minimum absolute atomic E-state index is 0.0535. The molecule has 1 aromatic rings. The summed E-state index contributed by atoms with van der Waals surface area (Å²) in [6.07, 6.45) is 5.57. The highest BCUT2D eigenvalue weighted by molar-refractivity contribution is 8.01. The van der Waals surface area contributed by atoms with Crippen molar-refractivity contribution in [2.45, 2.75) is 13.1 Å². The van der Waals surface area contributed by atoms with Gasteiger partial charge in [0, 0.05) is 18.4 Å². The number of dihydropyridines is 1. The number of hydrogen-bond acceptors (Lipinski definition) is 8. The lowest BCUT2D eigenvalue weighted by atomic mass is 10.2. The first-order chi connectivity index (χ1) is 11.3. The van der Waals surface area contributed by atoms with Gasteiger partial charge in [0.2, 0.25) is 0 Å². The van der Waals surface area contributed by atoms with Gasteiger partial charge in [-0.25, -0.2) is 4.72 Å². The Balaban J connectivity index is 1.74. The van der Waals surface area contributed by atoms with E-state index in [4.69, 9.17) is 4.74 Å². The number of phenolic OH excluding ortho intramolecular Hbond substituents is 1. The van der Waals surface area contributed by atoms with E-state index in [-0.39, 0.29) is 11.9 Å². The maximum absolute atomic E-state index is 9.83. The molecule has 0 aromatic heterocycles. The van der Waals surface area contributed by atoms with Crippen molar-refractivity contribution in [3.8, 4) is 5.75 Å². The maximum atomic E-state index is 9.83. The lowest BCUT2D eigenvalue weighted by Crippen LogP contribution is -2.18. The van der Waals surface area contributed by atoms with Crippen LogP contribution in [0.4, 0.5) is 11.4 Å². The second-order valence-electron chi connectivity index (χ2n) is 4.76. The lowest BCUT2D eigenvalue weighted by Gasteiger charge is -2.08. The van der Waals surface area contributed by atoms with E-state index >= 15 is 0 Å². The second kappa shape index (κ2) is 7.40. The van der Waals surface area contributed by atoms with Gasteiger partial charge in [-0.2, -0.15) is 0 Å². The Bertz CT molecular complexity index is 699. The van der Waals surface area contributed by atoms with Crippen LogP contribution in [0.15, 0.2) is 56.2 Å². The molecule has 1 unspecified atom stereocenters. The molecule has 8 heteroatoms. The molecule has 0 saturated carbocycles. The molecule has 0 fully saturated rings. The molecular weight excluding hydrogens is 314 g/mol. The van der Waals surface area contributed by atoms with Crippen molar-refractivity contribution in [3.05, 3.63) is 41.0 Å². The van der Waals surface area contributed by atoms with Gasteiger partial charge in [-0.05, 0) is 43.1 Å². The number of hydrogen-bond donors (Lipinski definition) is 3. The summed E-state index contributed by atoms with van der Waals surface area (Å²) >= 11 is 1.41. The van der Waals surface area contributed by atoms with E-state index in [9.17, 15) is 5.11 Å². The summed E-state index contributed by atoms with van der Waals surface area (Å²) in [4.78, 5) is 4.30. The number of rotatable bonds is 6. The molecule has 0 spiro atoms. The van der Waals surface area contributed by atoms with Gasteiger partial charge in [-0.3, -0.25) is 4.99 Å². The first kappa shape index (κ1) is 15.7. The number of nitrogens with zero attached hydrogens (tertiary/aromatic N) is 3. The smallest absolute Gasteiger partial charge is 0.140 e. The number of anilines is 1. The van der Waals surface area contributed by atoms with Crippen LogP contribution in [0.5, 0.6) is 5.75 Å². The maximum Gasteiger partial charge on any atom is 0.140 e. The van der Waals surface area contributed by atoms with Crippen LogP contribution in [0.2, 0.25) is 0 Å². The zero-order chi connectivity index (χ0) is 16.1. The largest absolute Gasteiger partial charge is 0.506 e. The predicted octanol–water partition coefficient (Wildman–Crippen LogP) is 3.31. The number of aliphatic imine (C=N–C) groups is 1. The number of benzene rings is 1. The Hall–Kier alpha value is -2.16. The molecule has 0 saturated heterocycles. The van der Waals surface area contributed by atoms with Crippen molar-refractivity contribution in [3.63, 3.8) is 0 Å². The molecule has 2 aliphatic rings. The molecule has 3 N–H and O–H groups in total. The third-order valence-corrected chi connectivity index (χ3v) is 4.06. The highest BCUT2D eigenvalue weighted by Gasteiger charge is 2.24. The average molecular weight is 331 g/mol. The summed E-state index contributed by atoms with van der Waals surface area (Å²) < 4.78 is 8.39. The molecule has 0 bridgehead atoms. The zero-order valence-electron chi connectivity index (χ0n) is 12.6. The molecule has 1 atom stereocenters. The number of aromatic hydroxyl groups is 1. The summed E-state index contributed by atoms with van der Waals surface area (Å²) in [5.41, 5.74) is 2.21. The van der Waals surface area contributed by atoms with Crippen molar-refractivity contribution in [1.29, 1.82) is 0 Å². The summed E-state index contributed by atoms with van der Waals surface area (Å²) in [5, 5.41) is 22.1. The lowest BCUT2D eigenvalue weighted by molar-refractivity contribution is 0.166. The molecule has 0 amide bonds. The number of azo groups is 1. The average Bonchev–Trinajstić information content (AvgIpc) is 2.99. The summed E-state index contributed by atoms with van der Waals surface area (Å²) in [6.45, 7) is 2.83. The highest BCUT2D eigenvalue weighted by Crippen LogP contribution is 2.34. The Kier molecular flexibility index (Phi) is 5.06. The summed E-state index contributed by atoms with van der Waals surface area (Å²) in [6, 6.07) is 5.01. The Morgan fingerprint density at radius 3 is 3.22 bits per heavy atom. The Morgan fingerprint density at radius 1 is 1.43 bits per heavy atom. The normalized spacial score (nSPS) is 19.6. The molecular formula is C15H17N5O2S. The van der Waals surface area contributed by atoms with Gasteiger partial charge in [-0.15, -0.1) is 10.2 Å². The van der Waals surface area contributed by atoms with Crippen LogP contribution in [0.3, 0.4) is 0 Å². The minimum Gasteiger partial charge on any atom is -0.506 e. The molecule has 2 aliphatic heterocycles. The van der Waals surface area contributed by atoms with E-state index in [1.165, 1.54) is 11.9 Å². The zero-order valence-corrected chi connectivity index (χ0v) is 13.4. The number of fused-ring (bicyclic) bond motifs is 1. The van der Waals surface area contributed by atoms with E-state index in [2.05, 4.69) is 25.3 Å². The third-order valence-electron chi connectivity index (χ3n) is 3.21. The molecule has 3 rings (SSSR count).